The van der Waals surface area contributed by atoms with E-state index in [1.165, 1.54) is 18.6 Å². The number of carbonyl (C=O) groups is 1. The first kappa shape index (κ1) is 19.8. The lowest BCUT2D eigenvalue weighted by Crippen LogP contribution is -2.40. The minimum Gasteiger partial charge on any atom is -0.342 e. The highest BCUT2D eigenvalue weighted by Gasteiger charge is 2.30. The van der Waals surface area contributed by atoms with Crippen LogP contribution in [0.3, 0.4) is 0 Å². The lowest BCUT2D eigenvalue weighted by atomic mass is 9.93. The molecule has 1 fully saturated rings. The van der Waals surface area contributed by atoms with Crippen LogP contribution in [0, 0.1) is 0 Å². The standard InChI is InChI=1S/C17H22ClN5O3S/c1-12(23-11-19-10-21-23)6-16(24)22-5-3-4-13(9-22)17-15(27(2,25)26)7-14(18)8-20-17/h7-8,10-13H,3-6,9H2,1-2H3. The number of pyridine rings is 1. The largest absolute Gasteiger partial charge is 0.342 e. The van der Waals surface area contributed by atoms with Gasteiger partial charge in [0.05, 0.1) is 21.7 Å². The molecule has 0 aliphatic carbocycles. The van der Waals surface area contributed by atoms with E-state index in [4.69, 9.17) is 11.6 Å². The Morgan fingerprint density at radius 1 is 1.44 bits per heavy atom. The Hall–Kier alpha value is -2.00. The van der Waals surface area contributed by atoms with E-state index in [-0.39, 0.29) is 27.8 Å². The number of nitrogens with zero attached hydrogens (tertiary/aromatic N) is 5. The summed E-state index contributed by atoms with van der Waals surface area (Å²) in [5.41, 5.74) is 0.490. The van der Waals surface area contributed by atoms with Gasteiger partial charge >= 0.3 is 0 Å². The van der Waals surface area contributed by atoms with Crippen molar-refractivity contribution in [3.63, 3.8) is 0 Å². The van der Waals surface area contributed by atoms with Crippen LogP contribution in [0.1, 0.15) is 43.8 Å². The number of sulfone groups is 1. The average molecular weight is 412 g/mol. The predicted molar refractivity (Wildman–Crippen MR) is 100 cm³/mol. The second-order valence-corrected chi connectivity index (χ2v) is 9.34. The zero-order valence-electron chi connectivity index (χ0n) is 15.2. The summed E-state index contributed by atoms with van der Waals surface area (Å²) in [7, 11) is -3.46. The molecule has 1 aliphatic rings. The minimum absolute atomic E-state index is 0.0116. The topological polar surface area (TPSA) is 98.1 Å². The maximum Gasteiger partial charge on any atom is 0.224 e. The monoisotopic (exact) mass is 411 g/mol. The summed E-state index contributed by atoms with van der Waals surface area (Å²) in [6.45, 7) is 3.01. The Morgan fingerprint density at radius 3 is 2.89 bits per heavy atom. The molecule has 3 rings (SSSR count). The highest BCUT2D eigenvalue weighted by Crippen LogP contribution is 2.32. The zero-order valence-corrected chi connectivity index (χ0v) is 16.8. The molecule has 0 spiro atoms. The van der Waals surface area contributed by atoms with E-state index in [1.807, 2.05) is 6.92 Å². The van der Waals surface area contributed by atoms with Gasteiger partial charge in [-0.05, 0) is 25.8 Å². The first-order valence-electron chi connectivity index (χ1n) is 8.73. The molecule has 3 heterocycles. The molecule has 0 bridgehead atoms. The van der Waals surface area contributed by atoms with E-state index in [2.05, 4.69) is 15.1 Å². The number of carbonyl (C=O) groups excluding carboxylic acids is 1. The molecule has 27 heavy (non-hydrogen) atoms. The normalized spacial score (nSPS) is 19.1. The van der Waals surface area contributed by atoms with E-state index in [1.54, 1.807) is 15.9 Å². The van der Waals surface area contributed by atoms with Gasteiger partial charge in [0.1, 0.15) is 12.7 Å². The van der Waals surface area contributed by atoms with Crippen molar-refractivity contribution in [2.45, 2.75) is 43.0 Å². The lowest BCUT2D eigenvalue weighted by molar-refractivity contribution is -0.133. The molecule has 2 atom stereocenters. The predicted octanol–water partition coefficient (Wildman–Crippen LogP) is 2.09. The summed E-state index contributed by atoms with van der Waals surface area (Å²) in [4.78, 5) is 22.8. The Labute approximate surface area is 163 Å². The van der Waals surface area contributed by atoms with Gasteiger partial charge in [-0.2, -0.15) is 5.10 Å². The van der Waals surface area contributed by atoms with Crippen molar-refractivity contribution in [1.82, 2.24) is 24.6 Å². The number of hydrogen-bond acceptors (Lipinski definition) is 6. The molecular formula is C17H22ClN5O3S. The first-order chi connectivity index (χ1) is 12.8. The fourth-order valence-corrected chi connectivity index (χ4v) is 4.54. The molecule has 2 unspecified atom stereocenters. The van der Waals surface area contributed by atoms with Crippen molar-refractivity contribution in [1.29, 1.82) is 0 Å². The fourth-order valence-electron chi connectivity index (χ4n) is 3.38. The summed E-state index contributed by atoms with van der Waals surface area (Å²) in [5.74, 6) is -0.121. The van der Waals surface area contributed by atoms with Gasteiger partial charge in [0.25, 0.3) is 0 Å². The van der Waals surface area contributed by atoms with Crippen molar-refractivity contribution >= 4 is 27.3 Å². The van der Waals surface area contributed by atoms with Gasteiger partial charge < -0.3 is 4.90 Å². The molecule has 0 radical (unpaired) electrons. The van der Waals surface area contributed by atoms with E-state index in [0.29, 0.717) is 25.2 Å². The third-order valence-corrected chi connectivity index (χ3v) is 6.10. The van der Waals surface area contributed by atoms with Crippen LogP contribution < -0.4 is 0 Å². The molecule has 2 aromatic rings. The summed E-state index contributed by atoms with van der Waals surface area (Å²) >= 11 is 5.94. The zero-order chi connectivity index (χ0) is 19.6. The summed E-state index contributed by atoms with van der Waals surface area (Å²) in [5, 5.41) is 4.35. The maximum absolute atomic E-state index is 12.7. The van der Waals surface area contributed by atoms with E-state index < -0.39 is 9.84 Å². The lowest BCUT2D eigenvalue weighted by Gasteiger charge is -2.33. The Morgan fingerprint density at radius 2 is 2.22 bits per heavy atom. The number of amides is 1. The third-order valence-electron chi connectivity index (χ3n) is 4.77. The molecule has 8 nitrogen and oxygen atoms in total. The smallest absolute Gasteiger partial charge is 0.224 e. The molecule has 1 amide bonds. The number of aromatic nitrogens is 4. The van der Waals surface area contributed by atoms with Crippen molar-refractivity contribution < 1.29 is 13.2 Å². The third kappa shape index (κ3) is 4.65. The van der Waals surface area contributed by atoms with Crippen LogP contribution in [0.4, 0.5) is 0 Å². The number of rotatable bonds is 5. The molecule has 0 aromatic carbocycles. The summed E-state index contributed by atoms with van der Waals surface area (Å²) < 4.78 is 25.9. The van der Waals surface area contributed by atoms with Gasteiger partial charge in [-0.3, -0.25) is 9.78 Å². The van der Waals surface area contributed by atoms with Crippen LogP contribution in [0.15, 0.2) is 29.8 Å². The van der Waals surface area contributed by atoms with Crippen molar-refractivity contribution in [2.75, 3.05) is 19.3 Å². The SMILES string of the molecule is CC(CC(=O)N1CCCC(c2ncc(Cl)cc2S(C)(=O)=O)C1)n1cncn1. The van der Waals surface area contributed by atoms with E-state index in [0.717, 1.165) is 19.1 Å². The summed E-state index contributed by atoms with van der Waals surface area (Å²) in [6.07, 6.45) is 7.52. The van der Waals surface area contributed by atoms with Crippen LogP contribution in [0.25, 0.3) is 0 Å². The average Bonchev–Trinajstić information content (AvgIpc) is 3.16. The Kier molecular flexibility index (Phi) is 5.81. The van der Waals surface area contributed by atoms with Crippen molar-refractivity contribution in [3.05, 3.63) is 35.6 Å². The van der Waals surface area contributed by atoms with Crippen LogP contribution in [0.2, 0.25) is 5.02 Å². The van der Waals surface area contributed by atoms with Crippen LogP contribution >= 0.6 is 11.6 Å². The molecule has 2 aromatic heterocycles. The quantitative estimate of drug-likeness (QED) is 0.747. The van der Waals surface area contributed by atoms with Gasteiger partial charge in [-0.15, -0.1) is 0 Å². The van der Waals surface area contributed by atoms with E-state index in [9.17, 15) is 13.2 Å². The number of piperidine rings is 1. The summed E-state index contributed by atoms with van der Waals surface area (Å²) in [6, 6.07) is 1.34. The maximum atomic E-state index is 12.7. The Bertz CT molecular complexity index is 917. The van der Waals surface area contributed by atoms with E-state index >= 15 is 0 Å². The highest BCUT2D eigenvalue weighted by molar-refractivity contribution is 7.90. The van der Waals surface area contributed by atoms with Gasteiger partial charge in [0.2, 0.25) is 5.91 Å². The van der Waals surface area contributed by atoms with Crippen LogP contribution in [0.5, 0.6) is 0 Å². The number of hydrogen-bond donors (Lipinski definition) is 0. The number of halogens is 1. The van der Waals surface area contributed by atoms with Gasteiger partial charge in [0.15, 0.2) is 9.84 Å². The van der Waals surface area contributed by atoms with Gasteiger partial charge in [-0.1, -0.05) is 11.6 Å². The molecular weight excluding hydrogens is 390 g/mol. The molecule has 1 aliphatic heterocycles. The minimum atomic E-state index is -3.46. The fraction of sp³-hybridized carbons (Fsp3) is 0.529. The van der Waals surface area contributed by atoms with Gasteiger partial charge in [-0.25, -0.2) is 18.1 Å². The molecule has 0 saturated carbocycles. The molecule has 146 valence electrons. The molecule has 10 heteroatoms. The first-order valence-corrected chi connectivity index (χ1v) is 11.0. The second kappa shape index (κ2) is 7.93. The number of likely N-dealkylation sites (tertiary alicyclic amines) is 1. The highest BCUT2D eigenvalue weighted by atomic mass is 35.5. The van der Waals surface area contributed by atoms with Crippen molar-refractivity contribution in [2.24, 2.45) is 0 Å². The van der Waals surface area contributed by atoms with Crippen LogP contribution in [-0.4, -0.2) is 58.3 Å². The van der Waals surface area contributed by atoms with Gasteiger partial charge in [0, 0.05) is 37.9 Å². The second-order valence-electron chi connectivity index (χ2n) is 6.92. The molecule has 1 saturated heterocycles. The van der Waals surface area contributed by atoms with Crippen LogP contribution in [-0.2, 0) is 14.6 Å². The van der Waals surface area contributed by atoms with Crippen molar-refractivity contribution in [3.8, 4) is 0 Å². The molecule has 0 N–H and O–H groups in total. The Balaban J connectivity index is 1.76.